The van der Waals surface area contributed by atoms with Crippen LogP contribution in [-0.4, -0.2) is 21.3 Å². The van der Waals surface area contributed by atoms with Crippen LogP contribution in [0.25, 0.3) is 0 Å². The number of hydrogen-bond acceptors (Lipinski definition) is 3. The van der Waals surface area contributed by atoms with E-state index in [-0.39, 0.29) is 4.90 Å². The van der Waals surface area contributed by atoms with Gasteiger partial charge in [-0.2, -0.15) is 4.72 Å². The third kappa shape index (κ3) is 6.03. The zero-order valence-corrected chi connectivity index (χ0v) is 13.4. The number of hydrogen-bond donors (Lipinski definition) is 1. The number of nitrogens with one attached hydrogen (secondary N) is 1. The molecule has 0 heterocycles. The SMILES string of the molecule is CCCCCCOC(C)NS(=O)(=O)c1ccc(C)cc1. The third-order valence-corrected chi connectivity index (χ3v) is 4.55. The lowest BCUT2D eigenvalue weighted by atomic mass is 10.2. The monoisotopic (exact) mass is 299 g/mol. The van der Waals surface area contributed by atoms with Crippen molar-refractivity contribution in [3.8, 4) is 0 Å². The highest BCUT2D eigenvalue weighted by Gasteiger charge is 2.17. The molecule has 20 heavy (non-hydrogen) atoms. The van der Waals surface area contributed by atoms with Crippen molar-refractivity contribution in [2.24, 2.45) is 0 Å². The Morgan fingerprint density at radius 1 is 1.15 bits per heavy atom. The maximum atomic E-state index is 12.1. The second-order valence-electron chi connectivity index (χ2n) is 5.01. The first kappa shape index (κ1) is 17.1. The van der Waals surface area contributed by atoms with Crippen LogP contribution in [0.2, 0.25) is 0 Å². The molecule has 1 aromatic carbocycles. The highest BCUT2D eigenvalue weighted by atomic mass is 32.2. The van der Waals surface area contributed by atoms with Crippen LogP contribution >= 0.6 is 0 Å². The van der Waals surface area contributed by atoms with E-state index in [1.54, 1.807) is 31.2 Å². The summed E-state index contributed by atoms with van der Waals surface area (Å²) in [5.74, 6) is 0. The Labute approximate surface area is 122 Å². The number of unbranched alkanes of at least 4 members (excludes halogenated alkanes) is 3. The number of ether oxygens (including phenoxy) is 1. The average molecular weight is 299 g/mol. The Bertz CT molecular complexity index is 482. The molecular weight excluding hydrogens is 274 g/mol. The van der Waals surface area contributed by atoms with Gasteiger partial charge in [0.1, 0.15) is 6.23 Å². The standard InChI is InChI=1S/C15H25NO3S/c1-4-5-6-7-12-19-14(3)16-20(17,18)15-10-8-13(2)9-11-15/h8-11,14,16H,4-7,12H2,1-3H3. The minimum atomic E-state index is -3.50. The van der Waals surface area contributed by atoms with Gasteiger partial charge in [0.2, 0.25) is 10.0 Å². The molecule has 0 amide bonds. The molecule has 0 saturated carbocycles. The van der Waals surface area contributed by atoms with Crippen LogP contribution < -0.4 is 4.72 Å². The molecule has 0 fully saturated rings. The van der Waals surface area contributed by atoms with Crippen LogP contribution in [0.5, 0.6) is 0 Å². The molecule has 1 rings (SSSR count). The van der Waals surface area contributed by atoms with Crippen LogP contribution in [0.1, 0.15) is 45.1 Å². The molecule has 0 aromatic heterocycles. The summed E-state index contributed by atoms with van der Waals surface area (Å²) in [5.41, 5.74) is 1.03. The molecule has 114 valence electrons. The second kappa shape index (κ2) is 8.39. The van der Waals surface area contributed by atoms with Crippen LogP contribution in [0.15, 0.2) is 29.2 Å². The van der Waals surface area contributed by atoms with E-state index in [1.807, 2.05) is 6.92 Å². The van der Waals surface area contributed by atoms with Crippen molar-refractivity contribution in [1.29, 1.82) is 0 Å². The largest absolute Gasteiger partial charge is 0.363 e. The Hall–Kier alpha value is -0.910. The predicted molar refractivity (Wildman–Crippen MR) is 81.1 cm³/mol. The molecule has 0 aliphatic carbocycles. The van der Waals surface area contributed by atoms with Crippen LogP contribution in [0.4, 0.5) is 0 Å². The highest BCUT2D eigenvalue weighted by Crippen LogP contribution is 2.11. The Morgan fingerprint density at radius 3 is 2.40 bits per heavy atom. The lowest BCUT2D eigenvalue weighted by Gasteiger charge is -2.15. The van der Waals surface area contributed by atoms with E-state index < -0.39 is 16.3 Å². The van der Waals surface area contributed by atoms with E-state index in [0.717, 1.165) is 18.4 Å². The smallest absolute Gasteiger partial charge is 0.242 e. The van der Waals surface area contributed by atoms with E-state index in [1.165, 1.54) is 12.8 Å². The molecule has 0 radical (unpaired) electrons. The molecule has 1 unspecified atom stereocenters. The molecule has 0 spiro atoms. The minimum Gasteiger partial charge on any atom is -0.363 e. The van der Waals surface area contributed by atoms with E-state index in [0.29, 0.717) is 6.61 Å². The first-order valence-electron chi connectivity index (χ1n) is 7.16. The summed E-state index contributed by atoms with van der Waals surface area (Å²) in [6, 6.07) is 6.77. The quantitative estimate of drug-likeness (QED) is 0.562. The van der Waals surface area contributed by atoms with Crippen LogP contribution in [-0.2, 0) is 14.8 Å². The minimum absolute atomic E-state index is 0.268. The van der Waals surface area contributed by atoms with E-state index in [2.05, 4.69) is 11.6 Å². The zero-order chi connectivity index (χ0) is 15.0. The van der Waals surface area contributed by atoms with Crippen molar-refractivity contribution in [3.63, 3.8) is 0 Å². The fourth-order valence-electron chi connectivity index (χ4n) is 1.83. The van der Waals surface area contributed by atoms with Crippen molar-refractivity contribution < 1.29 is 13.2 Å². The highest BCUT2D eigenvalue weighted by molar-refractivity contribution is 7.89. The lowest BCUT2D eigenvalue weighted by molar-refractivity contribution is 0.0561. The molecule has 5 heteroatoms. The van der Waals surface area contributed by atoms with Crippen molar-refractivity contribution in [1.82, 2.24) is 4.72 Å². The maximum Gasteiger partial charge on any atom is 0.242 e. The third-order valence-electron chi connectivity index (χ3n) is 3.02. The molecule has 0 saturated heterocycles. The van der Waals surface area contributed by atoms with Gasteiger partial charge in [-0.1, -0.05) is 43.9 Å². The Morgan fingerprint density at radius 2 is 1.80 bits per heavy atom. The maximum absolute atomic E-state index is 12.1. The molecule has 0 aliphatic rings. The number of aryl methyl sites for hydroxylation is 1. The fourth-order valence-corrected chi connectivity index (χ4v) is 2.96. The zero-order valence-electron chi connectivity index (χ0n) is 12.6. The fraction of sp³-hybridized carbons (Fsp3) is 0.600. The summed E-state index contributed by atoms with van der Waals surface area (Å²) in [5, 5.41) is 0. The van der Waals surface area contributed by atoms with E-state index in [9.17, 15) is 8.42 Å². The number of benzene rings is 1. The van der Waals surface area contributed by atoms with Gasteiger partial charge in [-0.05, 0) is 32.4 Å². The van der Waals surface area contributed by atoms with Crippen molar-refractivity contribution in [2.45, 2.75) is 57.6 Å². The van der Waals surface area contributed by atoms with Gasteiger partial charge in [0.05, 0.1) is 4.90 Å². The Kier molecular flexibility index (Phi) is 7.19. The number of sulfonamides is 1. The molecule has 1 atom stereocenters. The van der Waals surface area contributed by atoms with Gasteiger partial charge < -0.3 is 4.74 Å². The molecule has 0 aliphatic heterocycles. The second-order valence-corrected chi connectivity index (χ2v) is 6.72. The molecule has 1 aromatic rings. The van der Waals surface area contributed by atoms with Gasteiger partial charge in [-0.25, -0.2) is 8.42 Å². The normalized spacial score (nSPS) is 13.3. The van der Waals surface area contributed by atoms with Crippen molar-refractivity contribution >= 4 is 10.0 Å². The first-order valence-corrected chi connectivity index (χ1v) is 8.64. The van der Waals surface area contributed by atoms with Gasteiger partial charge in [-0.3, -0.25) is 0 Å². The molecule has 0 bridgehead atoms. The summed E-state index contributed by atoms with van der Waals surface area (Å²) in [4.78, 5) is 0.268. The summed E-state index contributed by atoms with van der Waals surface area (Å²) in [6.45, 7) is 6.37. The summed E-state index contributed by atoms with van der Waals surface area (Å²) in [7, 11) is -3.50. The van der Waals surface area contributed by atoms with Gasteiger partial charge in [0, 0.05) is 6.61 Å². The summed E-state index contributed by atoms with van der Waals surface area (Å²) < 4.78 is 32.2. The average Bonchev–Trinajstić information content (AvgIpc) is 2.38. The Balaban J connectivity index is 2.43. The molecular formula is C15H25NO3S. The molecule has 1 N–H and O–H groups in total. The van der Waals surface area contributed by atoms with Gasteiger partial charge >= 0.3 is 0 Å². The van der Waals surface area contributed by atoms with Crippen LogP contribution in [0.3, 0.4) is 0 Å². The lowest BCUT2D eigenvalue weighted by Crippen LogP contribution is -2.34. The van der Waals surface area contributed by atoms with Gasteiger partial charge in [0.15, 0.2) is 0 Å². The van der Waals surface area contributed by atoms with Gasteiger partial charge in [0.25, 0.3) is 0 Å². The predicted octanol–water partition coefficient (Wildman–Crippen LogP) is 3.22. The first-order chi connectivity index (χ1) is 9.45. The van der Waals surface area contributed by atoms with Gasteiger partial charge in [-0.15, -0.1) is 0 Å². The summed E-state index contributed by atoms with van der Waals surface area (Å²) in [6.07, 6.45) is 3.93. The van der Waals surface area contributed by atoms with E-state index in [4.69, 9.17) is 4.74 Å². The number of rotatable bonds is 9. The van der Waals surface area contributed by atoms with Crippen molar-refractivity contribution in [2.75, 3.05) is 6.61 Å². The van der Waals surface area contributed by atoms with E-state index >= 15 is 0 Å². The van der Waals surface area contributed by atoms with Crippen molar-refractivity contribution in [3.05, 3.63) is 29.8 Å². The molecule has 4 nitrogen and oxygen atoms in total. The topological polar surface area (TPSA) is 55.4 Å². The summed E-state index contributed by atoms with van der Waals surface area (Å²) >= 11 is 0. The van der Waals surface area contributed by atoms with Crippen LogP contribution in [0, 0.1) is 6.92 Å².